The molecule has 0 saturated carbocycles. The summed E-state index contributed by atoms with van der Waals surface area (Å²) in [6.07, 6.45) is -0.772. The van der Waals surface area contributed by atoms with Crippen LogP contribution in [0.4, 0.5) is 5.69 Å². The van der Waals surface area contributed by atoms with Crippen LogP contribution in [-0.4, -0.2) is 108 Å². The van der Waals surface area contributed by atoms with E-state index in [0.29, 0.717) is 11.3 Å². The first kappa shape index (κ1) is 42.4. The van der Waals surface area contributed by atoms with E-state index in [9.17, 15) is 24.9 Å². The highest BCUT2D eigenvalue weighted by Gasteiger charge is 2.55. The molecular weight excluding hydrogens is 798 g/mol. The van der Waals surface area contributed by atoms with Crippen LogP contribution in [0.15, 0.2) is 78.6 Å². The Bertz CT molecular complexity index is 2360. The van der Waals surface area contributed by atoms with Gasteiger partial charge in [-0.15, -0.1) is 0 Å². The van der Waals surface area contributed by atoms with Crippen molar-refractivity contribution in [2.45, 2.75) is 74.3 Å². The van der Waals surface area contributed by atoms with Gasteiger partial charge < -0.3 is 64.4 Å². The molecule has 1 amide bonds. The number of hydrogen-bond donors (Lipinski definition) is 5. The van der Waals surface area contributed by atoms with Crippen molar-refractivity contribution in [2.75, 3.05) is 33.1 Å². The number of carbonyl (C=O) groups is 2. The maximum Gasteiger partial charge on any atom is 0.307 e. The third-order valence-electron chi connectivity index (χ3n) is 10.6. The minimum atomic E-state index is -1.75. The number of phenolic OH excluding ortho intramolecular Hbond substituents is 1. The van der Waals surface area contributed by atoms with Crippen LogP contribution in [0.25, 0.3) is 5.76 Å². The van der Waals surface area contributed by atoms with Crippen LogP contribution in [0.5, 0.6) is 23.0 Å². The van der Waals surface area contributed by atoms with Crippen LogP contribution in [0.2, 0.25) is 5.02 Å². The lowest BCUT2D eigenvalue weighted by Gasteiger charge is -2.51. The highest BCUT2D eigenvalue weighted by Crippen LogP contribution is 2.45. The number of nitrogens with zero attached hydrogens (tertiary/aromatic N) is 1. The molecule has 1 saturated heterocycles. The van der Waals surface area contributed by atoms with Gasteiger partial charge in [0.15, 0.2) is 47.1 Å². The number of nitrogens with one attached hydrogen (secondary N) is 1. The van der Waals surface area contributed by atoms with Gasteiger partial charge in [-0.3, -0.25) is 9.59 Å². The van der Waals surface area contributed by atoms with Crippen LogP contribution in [0.3, 0.4) is 0 Å². The summed E-state index contributed by atoms with van der Waals surface area (Å²) < 4.78 is 42.8. The highest BCUT2D eigenvalue weighted by atomic mass is 35.5. The smallest absolute Gasteiger partial charge is 0.307 e. The molecule has 0 radical (unpaired) electrons. The minimum Gasteiger partial charge on any atom is -0.504 e. The number of likely N-dealkylation sites (N-methyl/N-ethyl adjacent to an activating group) is 1. The van der Waals surface area contributed by atoms with Crippen molar-refractivity contribution in [1.29, 1.82) is 0 Å². The normalized spacial score (nSPS) is 29.9. The zero-order valence-electron chi connectivity index (χ0n) is 33.4. The molecule has 4 bridgehead atoms. The van der Waals surface area contributed by atoms with Gasteiger partial charge in [-0.25, -0.2) is 0 Å². The van der Waals surface area contributed by atoms with Gasteiger partial charge in [0.1, 0.15) is 30.3 Å². The quantitative estimate of drug-likeness (QED) is 0.117. The molecule has 2 aliphatic carbocycles. The molecule has 15 nitrogen and oxygen atoms in total. The third-order valence-corrected chi connectivity index (χ3v) is 10.9. The van der Waals surface area contributed by atoms with Gasteiger partial charge in [-0.05, 0) is 69.8 Å². The van der Waals surface area contributed by atoms with Crippen molar-refractivity contribution in [3.05, 3.63) is 94.8 Å². The molecule has 6 aliphatic rings. The predicted molar refractivity (Wildman–Crippen MR) is 218 cm³/mol. The van der Waals surface area contributed by atoms with E-state index in [1.807, 2.05) is 0 Å². The number of aromatic hydroxyl groups is 1. The molecule has 2 aromatic carbocycles. The number of aliphatic hydroxyl groups excluding tert-OH is 2. The fourth-order valence-electron chi connectivity index (χ4n) is 7.71. The van der Waals surface area contributed by atoms with Crippen molar-refractivity contribution in [2.24, 2.45) is 5.73 Å². The number of phenols is 1. The Morgan fingerprint density at radius 3 is 2.62 bits per heavy atom. The Labute approximate surface area is 351 Å². The minimum absolute atomic E-state index is 0.00942. The average Bonchev–Trinajstić information content (AvgIpc) is 3.60. The molecule has 0 spiro atoms. The number of methoxy groups -OCH3 is 1. The first-order valence-corrected chi connectivity index (χ1v) is 19.2. The number of anilines is 1. The summed E-state index contributed by atoms with van der Waals surface area (Å²) >= 11 is 6.72. The first-order chi connectivity index (χ1) is 28.4. The molecule has 1 fully saturated rings. The Kier molecular flexibility index (Phi) is 11.6. The molecule has 0 aromatic heterocycles. The van der Waals surface area contributed by atoms with Crippen molar-refractivity contribution in [3.63, 3.8) is 0 Å². The number of carbonyl (C=O) groups excluding carboxylic acids is 2. The van der Waals surface area contributed by atoms with Gasteiger partial charge in [0.05, 0.1) is 41.5 Å². The van der Waals surface area contributed by atoms with Crippen molar-refractivity contribution in [3.8, 4) is 46.7 Å². The summed E-state index contributed by atoms with van der Waals surface area (Å²) in [5.41, 5.74) is 4.93. The van der Waals surface area contributed by atoms with E-state index in [2.05, 4.69) is 42.2 Å². The number of aliphatic hydroxyl groups is 2. The number of halogens is 1. The summed E-state index contributed by atoms with van der Waals surface area (Å²) in [5.74, 6) is 10.8. The van der Waals surface area contributed by atoms with Gasteiger partial charge >= 0.3 is 5.97 Å². The van der Waals surface area contributed by atoms with Crippen molar-refractivity contribution >= 4 is 34.9 Å². The van der Waals surface area contributed by atoms with Crippen LogP contribution in [0, 0.1) is 23.7 Å². The monoisotopic (exact) mass is 841 g/mol. The van der Waals surface area contributed by atoms with E-state index in [0.717, 1.165) is 0 Å². The standard InChI is InChI=1S/C44H44ClN3O12/c1-22(28-18-27(54-7)19-32-36(28)47-41(53)23(2)57-32)56-33-21-55-35(50)20-30(46)25-16-29(45)39(31(49)17-25)58-34-12-8-10-24(33)13-14-26-11-9-15-44(26,34)60-42-38(52)37(51)40(48(5)6)43(3,4)59-42/h9-11,15-19,30,33-34,37-38,40,42,49,51-52H,1-2,20-21,46H2,3-7H3,(H,47,53)/b24-10+/t30-,33-,34+,37-,38+,40-,42-,44?/m0/s1. The number of benzene rings is 2. The van der Waals surface area contributed by atoms with E-state index in [1.54, 1.807) is 63.2 Å². The number of nitrogens with two attached hydrogens (primary N) is 1. The number of rotatable bonds is 7. The van der Waals surface area contributed by atoms with Gasteiger partial charge in [-0.1, -0.05) is 48.6 Å². The SMILES string of the molecule is C=C1Oc2cc(OC)cc(C(=C)O[C@H]3COC(=O)C[C@H](N)c4cc(O)c(c(Cl)c4)O[C@@H]4C#C/C=C/3C#CC3=CC=CC34O[C@@H]3OC(C)(C)[C@@H](N(C)C)[C@@H](O)[C@H]3O)c2NC1=O. The number of esters is 1. The van der Waals surface area contributed by atoms with Gasteiger partial charge in [0.2, 0.25) is 0 Å². The van der Waals surface area contributed by atoms with Crippen LogP contribution < -0.4 is 25.3 Å². The maximum absolute atomic E-state index is 13.3. The number of amides is 1. The molecular formula is C44H44ClN3O12. The number of hydrogen-bond acceptors (Lipinski definition) is 14. The zero-order chi connectivity index (χ0) is 43.3. The zero-order valence-corrected chi connectivity index (χ0v) is 34.2. The number of fused-ring (bicyclic) bond motifs is 9. The lowest BCUT2D eigenvalue weighted by molar-refractivity contribution is -0.329. The summed E-state index contributed by atoms with van der Waals surface area (Å²) in [5, 5.41) is 36.9. The average molecular weight is 842 g/mol. The largest absolute Gasteiger partial charge is 0.504 e. The number of allylic oxidation sites excluding steroid dienone is 3. The van der Waals surface area contributed by atoms with Gasteiger partial charge in [0.25, 0.3) is 5.91 Å². The Morgan fingerprint density at radius 1 is 1.13 bits per heavy atom. The second kappa shape index (κ2) is 16.4. The van der Waals surface area contributed by atoms with Crippen molar-refractivity contribution in [1.82, 2.24) is 4.90 Å². The molecule has 8 atom stereocenters. The number of ether oxygens (including phenoxy) is 7. The first-order valence-electron chi connectivity index (χ1n) is 18.8. The molecule has 4 aliphatic heterocycles. The summed E-state index contributed by atoms with van der Waals surface area (Å²) in [4.78, 5) is 27.7. The third kappa shape index (κ3) is 7.97. The molecule has 6 N–H and O–H groups in total. The summed E-state index contributed by atoms with van der Waals surface area (Å²) in [6, 6.07) is 4.33. The van der Waals surface area contributed by atoms with E-state index in [-0.39, 0.29) is 56.9 Å². The Morgan fingerprint density at radius 2 is 1.90 bits per heavy atom. The summed E-state index contributed by atoms with van der Waals surface area (Å²) in [6.45, 7) is 10.9. The fourth-order valence-corrected chi connectivity index (χ4v) is 7.98. The van der Waals surface area contributed by atoms with Gasteiger partial charge in [0, 0.05) is 29.3 Å². The van der Waals surface area contributed by atoms with E-state index < -0.39 is 78.2 Å². The second-order valence-electron chi connectivity index (χ2n) is 15.4. The molecule has 16 heteroatoms. The Balaban J connectivity index is 1.34. The van der Waals surface area contributed by atoms with Crippen molar-refractivity contribution < 1.29 is 58.1 Å². The lowest BCUT2D eigenvalue weighted by Crippen LogP contribution is -2.68. The highest BCUT2D eigenvalue weighted by molar-refractivity contribution is 6.32. The molecule has 4 heterocycles. The molecule has 8 rings (SSSR count). The maximum atomic E-state index is 13.3. The molecule has 314 valence electrons. The second-order valence-corrected chi connectivity index (χ2v) is 15.8. The topological polar surface area (TPSA) is 201 Å². The molecule has 1 unspecified atom stereocenters. The van der Waals surface area contributed by atoms with E-state index in [1.165, 1.54) is 25.3 Å². The van der Waals surface area contributed by atoms with Gasteiger partial charge in [-0.2, -0.15) is 0 Å². The van der Waals surface area contributed by atoms with Crippen LogP contribution in [0.1, 0.15) is 37.4 Å². The molecule has 2 aromatic rings. The fraction of sp³-hybridized carbons (Fsp3) is 0.364. The molecule has 60 heavy (non-hydrogen) atoms. The Hall–Kier alpha value is -5.75. The predicted octanol–water partition coefficient (Wildman–Crippen LogP) is 3.63. The summed E-state index contributed by atoms with van der Waals surface area (Å²) in [7, 11) is 4.98. The van der Waals surface area contributed by atoms with E-state index >= 15 is 0 Å². The van der Waals surface area contributed by atoms with E-state index in [4.69, 9.17) is 50.5 Å². The van der Waals surface area contributed by atoms with Crippen LogP contribution >= 0.6 is 11.6 Å². The van der Waals surface area contributed by atoms with Crippen LogP contribution in [-0.2, 0) is 28.5 Å². The lowest BCUT2D eigenvalue weighted by atomic mass is 9.85.